The van der Waals surface area contributed by atoms with Crippen LogP contribution in [0.4, 0.5) is 0 Å². The van der Waals surface area contributed by atoms with Crippen LogP contribution in [-0.2, 0) is 16.1 Å². The van der Waals surface area contributed by atoms with E-state index >= 15 is 0 Å². The van der Waals surface area contributed by atoms with Crippen molar-refractivity contribution in [3.8, 4) is 0 Å². The fourth-order valence-electron chi connectivity index (χ4n) is 2.23. The number of primary amides is 1. The van der Waals surface area contributed by atoms with Gasteiger partial charge in [0, 0.05) is 17.0 Å². The van der Waals surface area contributed by atoms with Gasteiger partial charge in [0.25, 0.3) is 5.91 Å². The molecular weight excluding hydrogens is 352 g/mol. The maximum Gasteiger partial charge on any atom is 0.318 e. The lowest BCUT2D eigenvalue weighted by atomic mass is 10.1. The molecule has 6 nitrogen and oxygen atoms in total. The molecule has 0 aliphatic rings. The summed E-state index contributed by atoms with van der Waals surface area (Å²) >= 11 is 1.27. The molecule has 2 aromatic rings. The molecule has 136 valence electrons. The van der Waals surface area contributed by atoms with Crippen LogP contribution in [0.25, 0.3) is 0 Å². The number of nitrogens with one attached hydrogen (secondary N) is 1. The summed E-state index contributed by atoms with van der Waals surface area (Å²) in [6.45, 7) is 2.04. The number of ether oxygens (including phenoxy) is 1. The van der Waals surface area contributed by atoms with Crippen LogP contribution < -0.4 is 11.1 Å². The molecule has 7 heteroatoms. The first-order valence-electron chi connectivity index (χ1n) is 7.93. The lowest BCUT2D eigenvalue weighted by Gasteiger charge is -2.13. The van der Waals surface area contributed by atoms with E-state index in [1.807, 2.05) is 6.07 Å². The third-order valence-corrected chi connectivity index (χ3v) is 4.82. The van der Waals surface area contributed by atoms with E-state index in [1.54, 1.807) is 49.4 Å². The molecule has 2 rings (SSSR count). The summed E-state index contributed by atoms with van der Waals surface area (Å²) in [5.74, 6) is -1.09. The molecule has 0 aromatic heterocycles. The van der Waals surface area contributed by atoms with Gasteiger partial charge in [-0.1, -0.05) is 24.3 Å². The van der Waals surface area contributed by atoms with Crippen LogP contribution in [0.5, 0.6) is 0 Å². The minimum atomic E-state index is -0.494. The average Bonchev–Trinajstić information content (AvgIpc) is 2.66. The summed E-state index contributed by atoms with van der Waals surface area (Å²) in [4.78, 5) is 35.9. The van der Waals surface area contributed by atoms with Gasteiger partial charge < -0.3 is 15.8 Å². The van der Waals surface area contributed by atoms with Crippen LogP contribution in [0, 0.1) is 0 Å². The Morgan fingerprint density at radius 1 is 1.12 bits per heavy atom. The Kier molecular flexibility index (Phi) is 6.80. The van der Waals surface area contributed by atoms with Gasteiger partial charge in [-0.15, -0.1) is 11.8 Å². The quantitative estimate of drug-likeness (QED) is 0.574. The molecule has 3 N–H and O–H groups in total. The molecule has 0 radical (unpaired) electrons. The van der Waals surface area contributed by atoms with Gasteiger partial charge in [0.05, 0.1) is 12.7 Å². The fourth-order valence-corrected chi connectivity index (χ4v) is 3.24. The maximum atomic E-state index is 12.5. The van der Waals surface area contributed by atoms with Crippen molar-refractivity contribution in [2.45, 2.75) is 23.6 Å². The summed E-state index contributed by atoms with van der Waals surface area (Å²) in [5.41, 5.74) is 6.95. The molecular formula is C19H20N2O4S. The molecule has 26 heavy (non-hydrogen) atoms. The second kappa shape index (κ2) is 9.05. The van der Waals surface area contributed by atoms with E-state index < -0.39 is 11.2 Å². The van der Waals surface area contributed by atoms with E-state index in [0.717, 1.165) is 5.56 Å². The molecule has 0 fully saturated rings. The lowest BCUT2D eigenvalue weighted by Crippen LogP contribution is -2.24. The Morgan fingerprint density at radius 3 is 2.38 bits per heavy atom. The predicted octanol–water partition coefficient (Wildman–Crippen LogP) is 2.37. The van der Waals surface area contributed by atoms with Crippen molar-refractivity contribution >= 4 is 29.5 Å². The highest BCUT2D eigenvalue weighted by molar-refractivity contribution is 8.00. The highest BCUT2D eigenvalue weighted by Crippen LogP contribution is 2.27. The molecule has 0 bridgehead atoms. The van der Waals surface area contributed by atoms with Crippen molar-refractivity contribution in [2.24, 2.45) is 5.73 Å². The van der Waals surface area contributed by atoms with E-state index in [1.165, 1.54) is 18.9 Å². The van der Waals surface area contributed by atoms with Gasteiger partial charge in [-0.3, -0.25) is 14.4 Å². The van der Waals surface area contributed by atoms with Crippen molar-refractivity contribution in [1.29, 1.82) is 0 Å². The van der Waals surface area contributed by atoms with Crippen LogP contribution in [0.1, 0.15) is 33.2 Å². The van der Waals surface area contributed by atoms with Gasteiger partial charge in [-0.25, -0.2) is 0 Å². The van der Waals surface area contributed by atoms with E-state index in [2.05, 4.69) is 5.32 Å². The first-order chi connectivity index (χ1) is 12.4. The van der Waals surface area contributed by atoms with Gasteiger partial charge in [0.1, 0.15) is 5.25 Å². The van der Waals surface area contributed by atoms with E-state index in [0.29, 0.717) is 22.6 Å². The molecule has 0 saturated heterocycles. The number of hydrogen-bond donors (Lipinski definition) is 2. The number of methoxy groups -OCH3 is 1. The van der Waals surface area contributed by atoms with Crippen LogP contribution in [0.3, 0.4) is 0 Å². The highest BCUT2D eigenvalue weighted by Gasteiger charge is 2.18. The Bertz CT molecular complexity index is 805. The number of carbonyl (C=O) groups excluding carboxylic acids is 3. The van der Waals surface area contributed by atoms with Crippen LogP contribution in [-0.4, -0.2) is 30.1 Å². The van der Waals surface area contributed by atoms with Crippen LogP contribution >= 0.6 is 11.8 Å². The number of benzene rings is 2. The highest BCUT2D eigenvalue weighted by atomic mass is 32.2. The third kappa shape index (κ3) is 5.10. The van der Waals surface area contributed by atoms with Gasteiger partial charge >= 0.3 is 5.97 Å². The summed E-state index contributed by atoms with van der Waals surface area (Å²) in [5, 5.41) is 2.42. The first-order valence-corrected chi connectivity index (χ1v) is 8.80. The topological polar surface area (TPSA) is 98.5 Å². The van der Waals surface area contributed by atoms with Gasteiger partial charge in [-0.05, 0) is 36.8 Å². The molecule has 0 heterocycles. The van der Waals surface area contributed by atoms with Gasteiger partial charge in [-0.2, -0.15) is 0 Å². The minimum absolute atomic E-state index is 0.246. The van der Waals surface area contributed by atoms with Gasteiger partial charge in [0.2, 0.25) is 5.91 Å². The zero-order valence-corrected chi connectivity index (χ0v) is 15.3. The zero-order chi connectivity index (χ0) is 19.1. The Hall–Kier alpha value is -2.80. The summed E-state index contributed by atoms with van der Waals surface area (Å²) < 4.78 is 4.72. The molecule has 2 aromatic carbocycles. The number of esters is 1. The largest absolute Gasteiger partial charge is 0.468 e. The maximum absolute atomic E-state index is 12.5. The molecule has 0 saturated carbocycles. The third-order valence-electron chi connectivity index (χ3n) is 3.66. The number of carbonyl (C=O) groups is 3. The molecule has 1 atom stereocenters. The van der Waals surface area contributed by atoms with E-state index in [9.17, 15) is 14.4 Å². The van der Waals surface area contributed by atoms with Crippen LogP contribution in [0.2, 0.25) is 0 Å². The SMILES string of the molecule is COC(=O)[C@@H](C)Sc1ccccc1C(=O)NCc1ccc(C(N)=O)cc1. The van der Waals surface area contributed by atoms with Crippen LogP contribution in [0.15, 0.2) is 53.4 Å². The number of rotatable bonds is 7. The average molecular weight is 372 g/mol. The zero-order valence-electron chi connectivity index (χ0n) is 14.5. The van der Waals surface area contributed by atoms with Crippen molar-refractivity contribution in [1.82, 2.24) is 5.32 Å². The number of hydrogen-bond acceptors (Lipinski definition) is 5. The lowest BCUT2D eigenvalue weighted by molar-refractivity contribution is -0.139. The second-order valence-corrected chi connectivity index (χ2v) is 6.91. The van der Waals surface area contributed by atoms with E-state index in [-0.39, 0.29) is 11.9 Å². The molecule has 0 aliphatic carbocycles. The molecule has 0 unspecified atom stereocenters. The number of thioether (sulfide) groups is 1. The monoisotopic (exact) mass is 372 g/mol. The standard InChI is InChI=1S/C19H20N2O4S/c1-12(19(24)25-2)26-16-6-4-3-5-15(16)18(23)21-11-13-7-9-14(10-8-13)17(20)22/h3-10,12H,11H2,1-2H3,(H2,20,22)(H,21,23)/t12-/m1/s1. The first kappa shape index (κ1) is 19.5. The fraction of sp³-hybridized carbons (Fsp3) is 0.211. The predicted molar refractivity (Wildman–Crippen MR) is 99.9 cm³/mol. The Labute approximate surface area is 156 Å². The van der Waals surface area contributed by atoms with E-state index in [4.69, 9.17) is 10.5 Å². The minimum Gasteiger partial charge on any atom is -0.468 e. The van der Waals surface area contributed by atoms with Crippen molar-refractivity contribution in [3.05, 3.63) is 65.2 Å². The normalized spacial score (nSPS) is 11.5. The number of amides is 2. The Morgan fingerprint density at radius 2 is 1.77 bits per heavy atom. The number of nitrogens with two attached hydrogens (primary N) is 1. The molecule has 0 spiro atoms. The molecule has 2 amide bonds. The Balaban J connectivity index is 2.05. The van der Waals surface area contributed by atoms with Crippen molar-refractivity contribution in [2.75, 3.05) is 7.11 Å². The smallest absolute Gasteiger partial charge is 0.318 e. The second-order valence-electron chi connectivity index (χ2n) is 5.52. The summed E-state index contributed by atoms with van der Waals surface area (Å²) in [6, 6.07) is 13.8. The molecule has 0 aliphatic heterocycles. The van der Waals surface area contributed by atoms with Crippen molar-refractivity contribution < 1.29 is 19.1 Å². The summed E-state index contributed by atoms with van der Waals surface area (Å²) in [6.07, 6.45) is 0. The van der Waals surface area contributed by atoms with Gasteiger partial charge in [0.15, 0.2) is 0 Å². The summed E-state index contributed by atoms with van der Waals surface area (Å²) in [7, 11) is 1.33. The van der Waals surface area contributed by atoms with Crippen molar-refractivity contribution in [3.63, 3.8) is 0 Å².